The molecule has 0 aromatic heterocycles. The molecule has 0 spiro atoms. The van der Waals surface area contributed by atoms with Crippen LogP contribution in [0.5, 0.6) is 0 Å². The van der Waals surface area contributed by atoms with E-state index in [0.717, 1.165) is 31.4 Å². The summed E-state index contributed by atoms with van der Waals surface area (Å²) in [6.45, 7) is 9.73. The molecule has 0 amide bonds. The molecule has 0 saturated carbocycles. The van der Waals surface area contributed by atoms with E-state index in [2.05, 4.69) is 27.3 Å². The van der Waals surface area contributed by atoms with Gasteiger partial charge in [-0.25, -0.2) is 8.42 Å². The van der Waals surface area contributed by atoms with Crippen LogP contribution in [0.1, 0.15) is 27.8 Å². The summed E-state index contributed by atoms with van der Waals surface area (Å²) < 4.78 is 29.4. The van der Waals surface area contributed by atoms with E-state index in [-0.39, 0.29) is 0 Å². The number of nitrogens with one attached hydrogen (secondary N) is 1. The highest BCUT2D eigenvalue weighted by atomic mass is 127. The van der Waals surface area contributed by atoms with Gasteiger partial charge in [-0.05, 0) is 109 Å². The Hall–Kier alpha value is -1.08. The zero-order chi connectivity index (χ0) is 16.7. The van der Waals surface area contributed by atoms with Crippen LogP contribution in [-0.2, 0) is 10.0 Å². The van der Waals surface area contributed by atoms with Crippen molar-refractivity contribution in [3.05, 3.63) is 55.7 Å². The molecule has 2 aromatic rings. The van der Waals surface area contributed by atoms with Crippen molar-refractivity contribution in [2.45, 2.75) is 39.5 Å². The van der Waals surface area contributed by atoms with E-state index in [1.807, 2.05) is 46.8 Å². The average Bonchev–Trinajstić information content (AvgIpc) is 2.45. The van der Waals surface area contributed by atoms with Gasteiger partial charge in [0.15, 0.2) is 0 Å². The van der Waals surface area contributed by atoms with Gasteiger partial charge in [-0.2, -0.15) is 0 Å². The molecule has 0 unspecified atom stereocenters. The molecule has 0 bridgehead atoms. The van der Waals surface area contributed by atoms with Crippen LogP contribution in [0, 0.1) is 38.2 Å². The summed E-state index contributed by atoms with van der Waals surface area (Å²) in [4.78, 5) is 0.395. The Balaban J connectivity index is 2.57. The molecule has 2 aromatic carbocycles. The molecule has 2 rings (SSSR count). The molecule has 118 valence electrons. The standard InChI is InChI=1S/C17H20INO2S/c1-10-11(2)13(4)17(14(5)12(10)3)22(20,21)19-16-8-6-15(18)7-9-16/h6-9,19H,1-5H3. The lowest BCUT2D eigenvalue weighted by Gasteiger charge is -2.19. The predicted octanol–water partition coefficient (Wildman–Crippen LogP) is 4.63. The number of anilines is 1. The molecule has 0 saturated heterocycles. The normalized spacial score (nSPS) is 11.5. The van der Waals surface area contributed by atoms with Gasteiger partial charge in [-0.3, -0.25) is 4.72 Å². The molecule has 0 heterocycles. The maximum atomic E-state index is 12.8. The number of halogens is 1. The minimum absolute atomic E-state index is 0.395. The molecule has 5 heteroatoms. The third-order valence-electron chi connectivity index (χ3n) is 4.30. The fraction of sp³-hybridized carbons (Fsp3) is 0.294. The Bertz CT molecular complexity index is 796. The van der Waals surface area contributed by atoms with Crippen molar-refractivity contribution in [1.29, 1.82) is 0 Å². The third kappa shape index (κ3) is 3.15. The van der Waals surface area contributed by atoms with Gasteiger partial charge in [0, 0.05) is 9.26 Å². The van der Waals surface area contributed by atoms with Crippen LogP contribution in [0.2, 0.25) is 0 Å². The Morgan fingerprint density at radius 1 is 0.773 bits per heavy atom. The second kappa shape index (κ2) is 6.20. The fourth-order valence-corrected chi connectivity index (χ4v) is 4.61. The molecule has 0 aliphatic carbocycles. The second-order valence-electron chi connectivity index (χ2n) is 5.57. The second-order valence-corrected chi connectivity index (χ2v) is 8.43. The molecule has 22 heavy (non-hydrogen) atoms. The molecule has 0 aliphatic rings. The van der Waals surface area contributed by atoms with Crippen LogP contribution in [0.3, 0.4) is 0 Å². The van der Waals surface area contributed by atoms with Crippen LogP contribution < -0.4 is 4.72 Å². The van der Waals surface area contributed by atoms with Gasteiger partial charge < -0.3 is 0 Å². The maximum absolute atomic E-state index is 12.8. The third-order valence-corrected chi connectivity index (χ3v) is 6.67. The monoisotopic (exact) mass is 429 g/mol. The van der Waals surface area contributed by atoms with Gasteiger partial charge in [0.05, 0.1) is 4.90 Å². The van der Waals surface area contributed by atoms with E-state index in [4.69, 9.17) is 0 Å². The van der Waals surface area contributed by atoms with Crippen LogP contribution in [0.4, 0.5) is 5.69 Å². The summed E-state index contributed by atoms with van der Waals surface area (Å²) in [6, 6.07) is 7.31. The predicted molar refractivity (Wildman–Crippen MR) is 100 cm³/mol. The van der Waals surface area contributed by atoms with E-state index in [9.17, 15) is 8.42 Å². The average molecular weight is 429 g/mol. The van der Waals surface area contributed by atoms with Crippen LogP contribution in [0.25, 0.3) is 0 Å². The number of rotatable bonds is 3. The van der Waals surface area contributed by atoms with E-state index in [1.165, 1.54) is 0 Å². The topological polar surface area (TPSA) is 46.2 Å². The van der Waals surface area contributed by atoms with Gasteiger partial charge in [-0.15, -0.1) is 0 Å². The summed E-state index contributed by atoms with van der Waals surface area (Å²) in [6.07, 6.45) is 0. The van der Waals surface area contributed by atoms with Gasteiger partial charge in [0.1, 0.15) is 0 Å². The molecule has 0 atom stereocenters. The van der Waals surface area contributed by atoms with Crippen LogP contribution in [-0.4, -0.2) is 8.42 Å². The van der Waals surface area contributed by atoms with Gasteiger partial charge in [0.25, 0.3) is 10.0 Å². The number of hydrogen-bond donors (Lipinski definition) is 1. The lowest BCUT2D eigenvalue weighted by molar-refractivity contribution is 0.599. The summed E-state index contributed by atoms with van der Waals surface area (Å²) in [5.41, 5.74) is 5.44. The smallest absolute Gasteiger partial charge is 0.262 e. The van der Waals surface area contributed by atoms with Crippen molar-refractivity contribution in [1.82, 2.24) is 0 Å². The SMILES string of the molecule is Cc1c(C)c(C)c(S(=O)(=O)Nc2ccc(I)cc2)c(C)c1C. The molecule has 0 aliphatic heterocycles. The number of sulfonamides is 1. The lowest BCUT2D eigenvalue weighted by atomic mass is 9.95. The van der Waals surface area contributed by atoms with E-state index >= 15 is 0 Å². The number of hydrogen-bond acceptors (Lipinski definition) is 2. The summed E-state index contributed by atoms with van der Waals surface area (Å²) in [5.74, 6) is 0. The van der Waals surface area contributed by atoms with Crippen LogP contribution in [0.15, 0.2) is 29.2 Å². The van der Waals surface area contributed by atoms with Crippen molar-refractivity contribution in [2.75, 3.05) is 4.72 Å². The molecular weight excluding hydrogens is 409 g/mol. The lowest BCUT2D eigenvalue weighted by Crippen LogP contribution is -2.17. The Morgan fingerprint density at radius 3 is 1.64 bits per heavy atom. The first kappa shape index (κ1) is 17.3. The molecule has 0 fully saturated rings. The first-order valence-electron chi connectivity index (χ1n) is 7.00. The van der Waals surface area contributed by atoms with E-state index in [0.29, 0.717) is 10.6 Å². The Kier molecular flexibility index (Phi) is 4.87. The summed E-state index contributed by atoms with van der Waals surface area (Å²) in [7, 11) is -3.60. The quantitative estimate of drug-likeness (QED) is 0.723. The van der Waals surface area contributed by atoms with Crippen molar-refractivity contribution in [3.63, 3.8) is 0 Å². The van der Waals surface area contributed by atoms with Crippen molar-refractivity contribution >= 4 is 38.3 Å². The van der Waals surface area contributed by atoms with E-state index < -0.39 is 10.0 Å². The summed E-state index contributed by atoms with van der Waals surface area (Å²) >= 11 is 2.19. The fourth-order valence-electron chi connectivity index (χ4n) is 2.59. The zero-order valence-corrected chi connectivity index (χ0v) is 16.4. The highest BCUT2D eigenvalue weighted by molar-refractivity contribution is 14.1. The number of benzene rings is 2. The van der Waals surface area contributed by atoms with Crippen LogP contribution >= 0.6 is 22.6 Å². The zero-order valence-electron chi connectivity index (χ0n) is 13.4. The van der Waals surface area contributed by atoms with Gasteiger partial charge in [0.2, 0.25) is 0 Å². The molecule has 3 nitrogen and oxygen atoms in total. The molecular formula is C17H20INO2S. The van der Waals surface area contributed by atoms with E-state index in [1.54, 1.807) is 12.1 Å². The Morgan fingerprint density at radius 2 is 1.18 bits per heavy atom. The minimum atomic E-state index is -3.60. The van der Waals surface area contributed by atoms with Crippen molar-refractivity contribution in [2.24, 2.45) is 0 Å². The highest BCUT2D eigenvalue weighted by Gasteiger charge is 2.23. The highest BCUT2D eigenvalue weighted by Crippen LogP contribution is 2.30. The van der Waals surface area contributed by atoms with Gasteiger partial charge in [-0.1, -0.05) is 0 Å². The van der Waals surface area contributed by atoms with Gasteiger partial charge >= 0.3 is 0 Å². The largest absolute Gasteiger partial charge is 0.280 e. The van der Waals surface area contributed by atoms with Crippen molar-refractivity contribution < 1.29 is 8.42 Å². The minimum Gasteiger partial charge on any atom is -0.280 e. The molecule has 1 N–H and O–H groups in total. The van der Waals surface area contributed by atoms with Crippen molar-refractivity contribution in [3.8, 4) is 0 Å². The maximum Gasteiger partial charge on any atom is 0.262 e. The Labute approximate surface area is 146 Å². The molecule has 0 radical (unpaired) electrons. The summed E-state index contributed by atoms with van der Waals surface area (Å²) in [5, 5.41) is 0. The first-order valence-corrected chi connectivity index (χ1v) is 9.56. The first-order chi connectivity index (χ1) is 10.1.